The molecular formula is C9H12BrNO. The van der Waals surface area contributed by atoms with Crippen LogP contribution < -0.4 is 5.73 Å². The normalized spacial score (nSPS) is 12.9. The van der Waals surface area contributed by atoms with E-state index in [1.54, 1.807) is 6.07 Å². The molecule has 1 rings (SSSR count). The number of hydrogen-bond donors (Lipinski definition) is 2. The van der Waals surface area contributed by atoms with Gasteiger partial charge >= 0.3 is 0 Å². The van der Waals surface area contributed by atoms with Gasteiger partial charge in [-0.1, -0.05) is 19.1 Å². The monoisotopic (exact) mass is 229 g/mol. The number of nitrogens with two attached hydrogens (primary N) is 1. The molecule has 0 unspecified atom stereocenters. The smallest absolute Gasteiger partial charge is 0.134 e. The molecule has 0 saturated carbocycles. The van der Waals surface area contributed by atoms with Gasteiger partial charge in [-0.25, -0.2) is 0 Å². The van der Waals surface area contributed by atoms with Crippen LogP contribution in [0, 0.1) is 0 Å². The number of phenols is 1. The molecule has 0 aliphatic heterocycles. The molecule has 66 valence electrons. The van der Waals surface area contributed by atoms with Gasteiger partial charge in [0.25, 0.3) is 0 Å². The first-order valence-electron chi connectivity index (χ1n) is 3.89. The van der Waals surface area contributed by atoms with Crippen molar-refractivity contribution in [3.05, 3.63) is 28.2 Å². The number of halogens is 1. The summed E-state index contributed by atoms with van der Waals surface area (Å²) in [6.07, 6.45) is 0.823. The molecule has 0 spiro atoms. The van der Waals surface area contributed by atoms with Crippen LogP contribution in [0.15, 0.2) is 22.7 Å². The number of aromatic hydroxyl groups is 1. The van der Waals surface area contributed by atoms with Gasteiger partial charge in [-0.05, 0) is 28.4 Å². The first kappa shape index (κ1) is 9.55. The summed E-state index contributed by atoms with van der Waals surface area (Å²) in [5.74, 6) is 0.256. The summed E-state index contributed by atoms with van der Waals surface area (Å²) in [6, 6.07) is 5.42. The molecule has 0 radical (unpaired) electrons. The molecule has 0 aliphatic rings. The first-order chi connectivity index (χ1) is 5.66. The lowest BCUT2D eigenvalue weighted by atomic mass is 10.0. The summed E-state index contributed by atoms with van der Waals surface area (Å²) < 4.78 is 0.698. The van der Waals surface area contributed by atoms with Gasteiger partial charge in [-0.3, -0.25) is 0 Å². The summed E-state index contributed by atoms with van der Waals surface area (Å²) >= 11 is 3.24. The van der Waals surface area contributed by atoms with Crippen LogP contribution in [0.4, 0.5) is 0 Å². The zero-order chi connectivity index (χ0) is 9.14. The maximum absolute atomic E-state index is 9.57. The minimum absolute atomic E-state index is 0.0810. The lowest BCUT2D eigenvalue weighted by Gasteiger charge is -2.11. The maximum Gasteiger partial charge on any atom is 0.134 e. The van der Waals surface area contributed by atoms with Crippen LogP contribution in [0.25, 0.3) is 0 Å². The molecular weight excluding hydrogens is 218 g/mol. The minimum atomic E-state index is -0.0810. The van der Waals surface area contributed by atoms with E-state index in [4.69, 9.17) is 5.73 Å². The van der Waals surface area contributed by atoms with E-state index in [0.29, 0.717) is 4.47 Å². The number of para-hydroxylation sites is 1. The lowest BCUT2D eigenvalue weighted by molar-refractivity contribution is 0.457. The van der Waals surface area contributed by atoms with Crippen molar-refractivity contribution in [1.82, 2.24) is 0 Å². The average Bonchev–Trinajstić information content (AvgIpc) is 2.08. The third-order valence-electron chi connectivity index (χ3n) is 1.86. The zero-order valence-electron chi connectivity index (χ0n) is 6.92. The second-order valence-electron chi connectivity index (χ2n) is 2.69. The molecule has 1 aromatic carbocycles. The third kappa shape index (κ3) is 1.79. The van der Waals surface area contributed by atoms with Crippen LogP contribution in [-0.2, 0) is 0 Å². The topological polar surface area (TPSA) is 46.2 Å². The zero-order valence-corrected chi connectivity index (χ0v) is 8.51. The largest absolute Gasteiger partial charge is 0.506 e. The SMILES string of the molecule is CC[C@H](N)c1cccc(Br)c1O. The van der Waals surface area contributed by atoms with E-state index in [-0.39, 0.29) is 11.8 Å². The molecule has 0 bridgehead atoms. The Balaban J connectivity index is 3.07. The predicted molar refractivity (Wildman–Crippen MR) is 53.0 cm³/mol. The van der Waals surface area contributed by atoms with Gasteiger partial charge < -0.3 is 10.8 Å². The molecule has 0 heterocycles. The lowest BCUT2D eigenvalue weighted by Crippen LogP contribution is -2.08. The van der Waals surface area contributed by atoms with Gasteiger partial charge in [0.05, 0.1) is 4.47 Å². The summed E-state index contributed by atoms with van der Waals surface area (Å²) in [5, 5.41) is 9.57. The second-order valence-corrected chi connectivity index (χ2v) is 3.55. The Morgan fingerprint density at radius 2 is 2.25 bits per heavy atom. The predicted octanol–water partition coefficient (Wildman–Crippen LogP) is 2.56. The van der Waals surface area contributed by atoms with E-state index in [1.165, 1.54) is 0 Å². The number of hydrogen-bond acceptors (Lipinski definition) is 2. The van der Waals surface area contributed by atoms with E-state index in [2.05, 4.69) is 15.9 Å². The van der Waals surface area contributed by atoms with Crippen LogP contribution in [0.5, 0.6) is 5.75 Å². The highest BCUT2D eigenvalue weighted by atomic mass is 79.9. The molecule has 3 heteroatoms. The molecule has 3 N–H and O–H groups in total. The molecule has 1 aromatic rings. The third-order valence-corrected chi connectivity index (χ3v) is 2.50. The highest BCUT2D eigenvalue weighted by molar-refractivity contribution is 9.10. The second kappa shape index (κ2) is 3.92. The molecule has 12 heavy (non-hydrogen) atoms. The Hall–Kier alpha value is -0.540. The summed E-state index contributed by atoms with van der Waals surface area (Å²) in [6.45, 7) is 1.99. The van der Waals surface area contributed by atoms with Crippen LogP contribution in [-0.4, -0.2) is 5.11 Å². The molecule has 0 aliphatic carbocycles. The maximum atomic E-state index is 9.57. The fourth-order valence-corrected chi connectivity index (χ4v) is 1.43. The van der Waals surface area contributed by atoms with Gasteiger partial charge in [0.15, 0.2) is 0 Å². The quantitative estimate of drug-likeness (QED) is 0.820. The highest BCUT2D eigenvalue weighted by Gasteiger charge is 2.10. The fraction of sp³-hybridized carbons (Fsp3) is 0.333. The van der Waals surface area contributed by atoms with Crippen molar-refractivity contribution in [2.75, 3.05) is 0 Å². The Kier molecular flexibility index (Phi) is 3.12. The molecule has 0 saturated heterocycles. The minimum Gasteiger partial charge on any atom is -0.506 e. The standard InChI is InChI=1S/C9H12BrNO/c1-2-8(11)6-4-3-5-7(10)9(6)12/h3-5,8,12H,2,11H2,1H3/t8-/m0/s1. The highest BCUT2D eigenvalue weighted by Crippen LogP contribution is 2.31. The summed E-state index contributed by atoms with van der Waals surface area (Å²) in [7, 11) is 0. The van der Waals surface area contributed by atoms with Crippen molar-refractivity contribution < 1.29 is 5.11 Å². The summed E-state index contributed by atoms with van der Waals surface area (Å²) in [5.41, 5.74) is 6.58. The van der Waals surface area contributed by atoms with Crippen molar-refractivity contribution in [3.63, 3.8) is 0 Å². The molecule has 0 fully saturated rings. The molecule has 0 amide bonds. The van der Waals surface area contributed by atoms with E-state index in [9.17, 15) is 5.11 Å². The van der Waals surface area contributed by atoms with E-state index in [0.717, 1.165) is 12.0 Å². The number of phenolic OH excluding ortho intramolecular Hbond substituents is 1. The van der Waals surface area contributed by atoms with Crippen LogP contribution in [0.1, 0.15) is 24.9 Å². The van der Waals surface area contributed by atoms with Gasteiger partial charge in [-0.2, -0.15) is 0 Å². The molecule has 2 nitrogen and oxygen atoms in total. The van der Waals surface area contributed by atoms with Crippen LogP contribution in [0.3, 0.4) is 0 Å². The molecule has 0 aromatic heterocycles. The van der Waals surface area contributed by atoms with E-state index in [1.807, 2.05) is 19.1 Å². The Labute approximate surface area is 80.5 Å². The Morgan fingerprint density at radius 3 is 2.83 bits per heavy atom. The van der Waals surface area contributed by atoms with Crippen LogP contribution >= 0.6 is 15.9 Å². The van der Waals surface area contributed by atoms with Crippen molar-refractivity contribution >= 4 is 15.9 Å². The van der Waals surface area contributed by atoms with Crippen molar-refractivity contribution in [3.8, 4) is 5.75 Å². The van der Waals surface area contributed by atoms with Gasteiger partial charge in [0.1, 0.15) is 5.75 Å². The number of benzene rings is 1. The Morgan fingerprint density at radius 1 is 1.58 bits per heavy atom. The van der Waals surface area contributed by atoms with E-state index < -0.39 is 0 Å². The van der Waals surface area contributed by atoms with Crippen molar-refractivity contribution in [2.24, 2.45) is 5.73 Å². The van der Waals surface area contributed by atoms with Crippen molar-refractivity contribution in [1.29, 1.82) is 0 Å². The number of rotatable bonds is 2. The first-order valence-corrected chi connectivity index (χ1v) is 4.69. The average molecular weight is 230 g/mol. The Bertz CT molecular complexity index is 275. The molecule has 1 atom stereocenters. The summed E-state index contributed by atoms with van der Waals surface area (Å²) in [4.78, 5) is 0. The fourth-order valence-electron chi connectivity index (χ4n) is 1.05. The van der Waals surface area contributed by atoms with Gasteiger partial charge in [0, 0.05) is 11.6 Å². The van der Waals surface area contributed by atoms with Crippen molar-refractivity contribution in [2.45, 2.75) is 19.4 Å². The van der Waals surface area contributed by atoms with Gasteiger partial charge in [-0.15, -0.1) is 0 Å². The van der Waals surface area contributed by atoms with Gasteiger partial charge in [0.2, 0.25) is 0 Å². The van der Waals surface area contributed by atoms with Crippen LogP contribution in [0.2, 0.25) is 0 Å². The van der Waals surface area contributed by atoms with E-state index >= 15 is 0 Å².